The Morgan fingerprint density at radius 2 is 2.23 bits per heavy atom. The van der Waals surface area contributed by atoms with Gasteiger partial charge in [-0.3, -0.25) is 9.67 Å². The van der Waals surface area contributed by atoms with Crippen molar-refractivity contribution in [3.8, 4) is 0 Å². The average Bonchev–Trinajstić information content (AvgIpc) is 3.17. The van der Waals surface area contributed by atoms with Crippen LogP contribution in [0.2, 0.25) is 0 Å². The van der Waals surface area contributed by atoms with Crippen LogP contribution in [-0.4, -0.2) is 66.2 Å². The molecule has 1 saturated heterocycles. The molecule has 1 atom stereocenters. The molecule has 0 aromatic carbocycles. The summed E-state index contributed by atoms with van der Waals surface area (Å²) in [7, 11) is 1.91. The highest BCUT2D eigenvalue weighted by molar-refractivity contribution is 14.0. The van der Waals surface area contributed by atoms with Crippen molar-refractivity contribution in [2.75, 3.05) is 39.4 Å². The average molecular weight is 489 g/mol. The van der Waals surface area contributed by atoms with Gasteiger partial charge >= 0.3 is 6.18 Å². The highest BCUT2D eigenvalue weighted by Crippen LogP contribution is 2.26. The predicted octanol–water partition coefficient (Wildman–Crippen LogP) is 2.76. The summed E-state index contributed by atoms with van der Waals surface area (Å²) in [6.45, 7) is 3.80. The molecule has 0 amide bonds. The number of halogens is 4. The van der Waals surface area contributed by atoms with Crippen molar-refractivity contribution < 1.29 is 17.9 Å². The van der Waals surface area contributed by atoms with Gasteiger partial charge in [0, 0.05) is 51.9 Å². The van der Waals surface area contributed by atoms with Gasteiger partial charge in [-0.05, 0) is 25.3 Å². The first-order chi connectivity index (χ1) is 11.9. The Balaban J connectivity index is 0.00000338. The monoisotopic (exact) mass is 489 g/mol. The Labute approximate surface area is 169 Å². The molecule has 10 heteroatoms. The fraction of sp³-hybridized carbons (Fsp3) is 0.750. The van der Waals surface area contributed by atoms with Crippen LogP contribution in [-0.2, 0) is 11.8 Å². The minimum Gasteiger partial charge on any atom is -0.372 e. The summed E-state index contributed by atoms with van der Waals surface area (Å²) in [4.78, 5) is 6.70. The summed E-state index contributed by atoms with van der Waals surface area (Å²) in [5, 5.41) is 7.47. The maximum atomic E-state index is 12.0. The normalized spacial score (nSPS) is 18.1. The van der Waals surface area contributed by atoms with E-state index in [2.05, 4.69) is 25.0 Å². The van der Waals surface area contributed by atoms with E-state index in [4.69, 9.17) is 0 Å². The van der Waals surface area contributed by atoms with E-state index in [1.165, 1.54) is 5.56 Å². The molecule has 6 nitrogen and oxygen atoms in total. The Bertz CT molecular complexity index is 564. The molecule has 1 aromatic heterocycles. The fourth-order valence-electron chi connectivity index (χ4n) is 2.84. The molecule has 150 valence electrons. The summed E-state index contributed by atoms with van der Waals surface area (Å²) < 4.78 is 42.4. The largest absolute Gasteiger partial charge is 0.411 e. The van der Waals surface area contributed by atoms with E-state index in [1.54, 1.807) is 4.68 Å². The lowest BCUT2D eigenvalue weighted by molar-refractivity contribution is -0.173. The van der Waals surface area contributed by atoms with Gasteiger partial charge in [0.2, 0.25) is 0 Å². The van der Waals surface area contributed by atoms with Crippen LogP contribution in [0.3, 0.4) is 0 Å². The number of rotatable bonds is 7. The van der Waals surface area contributed by atoms with Crippen molar-refractivity contribution in [2.45, 2.75) is 31.9 Å². The summed E-state index contributed by atoms with van der Waals surface area (Å²) >= 11 is 0. The number of nitrogens with one attached hydrogen (secondary N) is 1. The number of alkyl halides is 3. The third kappa shape index (κ3) is 7.68. The topological polar surface area (TPSA) is 54.7 Å². The molecular formula is C16H27F3IN5O. The Morgan fingerprint density at radius 3 is 2.85 bits per heavy atom. The Morgan fingerprint density at radius 1 is 1.46 bits per heavy atom. The number of aryl methyl sites for hydroxylation is 1. The number of hydrogen-bond acceptors (Lipinski definition) is 3. The first kappa shape index (κ1) is 23.0. The third-order valence-electron chi connectivity index (χ3n) is 3.99. The van der Waals surface area contributed by atoms with E-state index in [9.17, 15) is 13.2 Å². The number of likely N-dealkylation sites (tertiary alicyclic amines) is 1. The zero-order chi connectivity index (χ0) is 18.3. The molecule has 26 heavy (non-hydrogen) atoms. The zero-order valence-electron chi connectivity index (χ0n) is 15.1. The molecule has 1 aromatic rings. The van der Waals surface area contributed by atoms with Crippen LogP contribution >= 0.6 is 24.0 Å². The SMILES string of the molecule is CCNC(=NCCCOCC(F)(F)F)N1CCC(c2cnn(C)c2)C1.I. The highest BCUT2D eigenvalue weighted by atomic mass is 127. The Kier molecular flexibility index (Phi) is 9.69. The second-order valence-corrected chi connectivity index (χ2v) is 6.14. The van der Waals surface area contributed by atoms with E-state index >= 15 is 0 Å². The van der Waals surface area contributed by atoms with Crippen molar-refractivity contribution in [2.24, 2.45) is 12.0 Å². The smallest absolute Gasteiger partial charge is 0.372 e. The number of nitrogens with zero attached hydrogens (tertiary/aromatic N) is 4. The predicted molar refractivity (Wildman–Crippen MR) is 105 cm³/mol. The summed E-state index contributed by atoms with van der Waals surface area (Å²) in [5.41, 5.74) is 1.22. The van der Waals surface area contributed by atoms with Gasteiger partial charge < -0.3 is 15.0 Å². The molecule has 1 fully saturated rings. The molecule has 2 heterocycles. The summed E-state index contributed by atoms with van der Waals surface area (Å²) in [6, 6.07) is 0. The molecule has 1 aliphatic heterocycles. The van der Waals surface area contributed by atoms with E-state index in [1.807, 2.05) is 26.4 Å². The number of guanidine groups is 1. The first-order valence-electron chi connectivity index (χ1n) is 8.55. The summed E-state index contributed by atoms with van der Waals surface area (Å²) in [6.07, 6.45) is 1.16. The minimum atomic E-state index is -4.27. The van der Waals surface area contributed by atoms with Gasteiger partial charge in [-0.2, -0.15) is 18.3 Å². The number of aliphatic imine (C=N–C) groups is 1. The van der Waals surface area contributed by atoms with E-state index in [0.717, 1.165) is 32.0 Å². The van der Waals surface area contributed by atoms with Crippen molar-refractivity contribution in [1.82, 2.24) is 20.0 Å². The zero-order valence-corrected chi connectivity index (χ0v) is 17.5. The molecule has 0 radical (unpaired) electrons. The lowest BCUT2D eigenvalue weighted by atomic mass is 10.0. The number of aromatic nitrogens is 2. The molecule has 1 unspecified atom stereocenters. The van der Waals surface area contributed by atoms with E-state index in [0.29, 0.717) is 18.9 Å². The minimum absolute atomic E-state index is 0. The van der Waals surface area contributed by atoms with Crippen LogP contribution in [0.5, 0.6) is 0 Å². The van der Waals surface area contributed by atoms with Gasteiger partial charge in [-0.25, -0.2) is 0 Å². The second-order valence-electron chi connectivity index (χ2n) is 6.14. The van der Waals surface area contributed by atoms with Crippen LogP contribution in [0.15, 0.2) is 17.4 Å². The molecule has 0 aliphatic carbocycles. The van der Waals surface area contributed by atoms with Gasteiger partial charge in [0.1, 0.15) is 6.61 Å². The van der Waals surface area contributed by atoms with Crippen LogP contribution < -0.4 is 5.32 Å². The van der Waals surface area contributed by atoms with Crippen LogP contribution in [0.25, 0.3) is 0 Å². The van der Waals surface area contributed by atoms with Gasteiger partial charge in [-0.1, -0.05) is 0 Å². The van der Waals surface area contributed by atoms with Crippen molar-refractivity contribution >= 4 is 29.9 Å². The van der Waals surface area contributed by atoms with Gasteiger partial charge in [0.15, 0.2) is 5.96 Å². The van der Waals surface area contributed by atoms with Gasteiger partial charge in [0.05, 0.1) is 6.20 Å². The second kappa shape index (κ2) is 11.0. The molecule has 0 bridgehead atoms. The molecular weight excluding hydrogens is 462 g/mol. The first-order valence-corrected chi connectivity index (χ1v) is 8.55. The lowest BCUT2D eigenvalue weighted by Gasteiger charge is -2.21. The van der Waals surface area contributed by atoms with Crippen LogP contribution in [0, 0.1) is 0 Å². The number of hydrogen-bond donors (Lipinski definition) is 1. The van der Waals surface area contributed by atoms with Crippen molar-refractivity contribution in [3.63, 3.8) is 0 Å². The van der Waals surface area contributed by atoms with E-state index < -0.39 is 12.8 Å². The van der Waals surface area contributed by atoms with Gasteiger partial charge in [-0.15, -0.1) is 24.0 Å². The fourth-order valence-corrected chi connectivity index (χ4v) is 2.84. The molecule has 0 spiro atoms. The maximum Gasteiger partial charge on any atom is 0.411 e. The van der Waals surface area contributed by atoms with Gasteiger partial charge in [0.25, 0.3) is 0 Å². The van der Waals surface area contributed by atoms with Crippen LogP contribution in [0.4, 0.5) is 13.2 Å². The third-order valence-corrected chi connectivity index (χ3v) is 3.99. The van der Waals surface area contributed by atoms with Crippen molar-refractivity contribution in [3.05, 3.63) is 18.0 Å². The molecule has 0 saturated carbocycles. The standard InChI is InChI=1S/C16H26F3N5O.HI/c1-3-20-15(21-6-4-8-25-12-16(17,18)19)24-7-5-13(11-24)14-9-22-23(2)10-14;/h9-10,13H,3-8,11-12H2,1-2H3,(H,20,21);1H. The molecule has 1 aliphatic rings. The number of ether oxygens (including phenoxy) is 1. The summed E-state index contributed by atoms with van der Waals surface area (Å²) in [5.74, 6) is 1.23. The van der Waals surface area contributed by atoms with Crippen molar-refractivity contribution in [1.29, 1.82) is 0 Å². The maximum absolute atomic E-state index is 12.0. The quantitative estimate of drug-likeness (QED) is 0.277. The highest BCUT2D eigenvalue weighted by Gasteiger charge is 2.28. The van der Waals surface area contributed by atoms with Crippen LogP contribution in [0.1, 0.15) is 31.2 Å². The molecule has 2 rings (SSSR count). The van der Waals surface area contributed by atoms with E-state index in [-0.39, 0.29) is 30.6 Å². The lowest BCUT2D eigenvalue weighted by Crippen LogP contribution is -2.40. The molecule has 1 N–H and O–H groups in total. The Hall–Kier alpha value is -1.04.